The molecule has 0 heterocycles. The van der Waals surface area contributed by atoms with E-state index in [1.807, 2.05) is 0 Å². The first-order chi connectivity index (χ1) is 7.00. The van der Waals surface area contributed by atoms with Gasteiger partial charge in [0.05, 0.1) is 28.2 Å². The molecule has 15 heavy (non-hydrogen) atoms. The predicted octanol–water partition coefficient (Wildman–Crippen LogP) is 2.28. The molecule has 1 rings (SSSR count). The summed E-state index contributed by atoms with van der Waals surface area (Å²) in [5, 5.41) is 1.24. The van der Waals surface area contributed by atoms with Gasteiger partial charge in [-0.25, -0.2) is 0 Å². The Kier molecular flexibility index (Phi) is 4.21. The fourth-order valence-corrected chi connectivity index (χ4v) is 2.33. The maximum absolute atomic E-state index is 2.21. The minimum atomic E-state index is 1.24. The Hall–Kier alpha value is -0.960. The summed E-state index contributed by atoms with van der Waals surface area (Å²) >= 11 is 1.79. The van der Waals surface area contributed by atoms with E-state index in [2.05, 4.69) is 68.9 Å². The van der Waals surface area contributed by atoms with E-state index in [1.165, 1.54) is 15.6 Å². The second-order valence-corrected chi connectivity index (χ2v) is 5.03. The molecule has 0 unspecified atom stereocenters. The number of aryl methyl sites for hydroxylation is 1. The Labute approximate surface area is 96.6 Å². The molecule has 0 saturated carbocycles. The normalized spacial score (nSPS) is 9.93. The van der Waals surface area contributed by atoms with Crippen LogP contribution in [0.25, 0.3) is 0 Å². The van der Waals surface area contributed by atoms with Gasteiger partial charge in [-0.15, -0.1) is 0 Å². The van der Waals surface area contributed by atoms with Crippen molar-refractivity contribution in [2.45, 2.75) is 11.8 Å². The number of benzene rings is 1. The second-order valence-electron chi connectivity index (χ2n) is 3.99. The molecule has 0 amide bonds. The second kappa shape index (κ2) is 5.21. The summed E-state index contributed by atoms with van der Waals surface area (Å²) in [4.78, 5) is 3.42. The lowest BCUT2D eigenvalue weighted by Crippen LogP contribution is -2.26. The molecule has 0 atom stereocenters. The van der Waals surface area contributed by atoms with Crippen LogP contribution in [0.5, 0.6) is 0 Å². The summed E-state index contributed by atoms with van der Waals surface area (Å²) in [6.45, 7) is 2.12. The minimum absolute atomic E-state index is 1.24. The largest absolute Gasteiger partial charge is 0.312 e. The number of hydrogen-bond acceptors (Lipinski definition) is 1. The average molecular weight is 223 g/mol. The van der Waals surface area contributed by atoms with E-state index >= 15 is 0 Å². The third-order valence-corrected chi connectivity index (χ3v) is 3.37. The Morgan fingerprint density at radius 3 is 2.40 bits per heavy atom. The third kappa shape index (κ3) is 3.59. The minimum Gasteiger partial charge on any atom is -0.261 e. The van der Waals surface area contributed by atoms with Crippen LogP contribution < -0.4 is 0 Å². The van der Waals surface area contributed by atoms with Crippen molar-refractivity contribution in [3.8, 4) is 0 Å². The Morgan fingerprint density at radius 1 is 1.27 bits per heavy atom. The molecule has 2 nitrogen and oxygen atoms in total. The van der Waals surface area contributed by atoms with Crippen LogP contribution in [0.2, 0.25) is 0 Å². The molecular weight excluding hydrogens is 204 g/mol. The molecule has 0 N–H and O–H groups in total. The highest BCUT2D eigenvalue weighted by Crippen LogP contribution is 2.20. The quantitative estimate of drug-likeness (QED) is 0.312. The lowest BCUT2D eigenvalue weighted by atomic mass is 10.2. The number of hydrogen-bond donors (Lipinski definition) is 0. The van der Waals surface area contributed by atoms with Crippen molar-refractivity contribution in [1.29, 1.82) is 0 Å². The average Bonchev–Trinajstić information content (AvgIpc) is 2.13. The standard InChI is InChI=1S/C12H19N2S/c1-10-7-6-8-11(9-10)15-12(13(2)3)14(4)5/h6-9H,1-5H3/q+1. The van der Waals surface area contributed by atoms with Gasteiger partial charge in [0, 0.05) is 4.90 Å². The molecule has 3 heteroatoms. The van der Waals surface area contributed by atoms with Crippen LogP contribution in [0.15, 0.2) is 29.2 Å². The van der Waals surface area contributed by atoms with Crippen LogP contribution in [0.3, 0.4) is 0 Å². The van der Waals surface area contributed by atoms with Crippen molar-refractivity contribution in [3.63, 3.8) is 0 Å². The van der Waals surface area contributed by atoms with E-state index in [0.717, 1.165) is 0 Å². The molecule has 0 bridgehead atoms. The van der Waals surface area contributed by atoms with Gasteiger partial charge >= 0.3 is 5.17 Å². The summed E-state index contributed by atoms with van der Waals surface area (Å²) in [6, 6.07) is 8.57. The Bertz CT molecular complexity index is 366. The van der Waals surface area contributed by atoms with Crippen molar-refractivity contribution in [2.75, 3.05) is 28.2 Å². The van der Waals surface area contributed by atoms with Gasteiger partial charge in [-0.2, -0.15) is 0 Å². The van der Waals surface area contributed by atoms with Crippen LogP contribution in [0, 0.1) is 6.92 Å². The highest BCUT2D eigenvalue weighted by Gasteiger charge is 2.13. The Morgan fingerprint density at radius 2 is 1.93 bits per heavy atom. The maximum atomic E-state index is 2.21. The zero-order valence-electron chi connectivity index (χ0n) is 10.1. The predicted molar refractivity (Wildman–Crippen MR) is 67.8 cm³/mol. The van der Waals surface area contributed by atoms with Crippen molar-refractivity contribution >= 4 is 16.9 Å². The van der Waals surface area contributed by atoms with Crippen LogP contribution in [-0.2, 0) is 0 Å². The lowest BCUT2D eigenvalue weighted by molar-refractivity contribution is -0.466. The SMILES string of the molecule is Cc1cccc(SC(N(C)C)=[N+](C)C)c1. The van der Waals surface area contributed by atoms with E-state index in [9.17, 15) is 0 Å². The molecule has 1 aromatic rings. The summed E-state index contributed by atoms with van der Waals surface area (Å²) in [6.07, 6.45) is 0. The van der Waals surface area contributed by atoms with Gasteiger partial charge in [0.2, 0.25) is 0 Å². The molecule has 0 aromatic heterocycles. The van der Waals surface area contributed by atoms with Crippen molar-refractivity contribution in [2.24, 2.45) is 0 Å². The first-order valence-corrected chi connectivity index (χ1v) is 5.78. The van der Waals surface area contributed by atoms with E-state index in [-0.39, 0.29) is 0 Å². The molecule has 0 fully saturated rings. The van der Waals surface area contributed by atoms with E-state index in [1.54, 1.807) is 11.8 Å². The highest BCUT2D eigenvalue weighted by molar-refractivity contribution is 8.13. The number of rotatable bonds is 1. The summed E-state index contributed by atoms with van der Waals surface area (Å²) < 4.78 is 2.13. The molecule has 0 aliphatic carbocycles. The van der Waals surface area contributed by atoms with Crippen LogP contribution in [0.1, 0.15) is 5.56 Å². The van der Waals surface area contributed by atoms with Gasteiger partial charge < -0.3 is 0 Å². The molecular formula is C12H19N2S+. The first kappa shape index (κ1) is 12.1. The maximum Gasteiger partial charge on any atom is 0.312 e. The first-order valence-electron chi connectivity index (χ1n) is 4.97. The van der Waals surface area contributed by atoms with Gasteiger partial charge in [-0.05, 0) is 30.8 Å². The van der Waals surface area contributed by atoms with Crippen LogP contribution >= 0.6 is 11.8 Å². The lowest BCUT2D eigenvalue weighted by Gasteiger charge is -2.10. The number of thioether (sulfide) groups is 1. The van der Waals surface area contributed by atoms with E-state index in [4.69, 9.17) is 0 Å². The van der Waals surface area contributed by atoms with Gasteiger partial charge in [0.25, 0.3) is 0 Å². The number of nitrogens with zero attached hydrogens (tertiary/aromatic N) is 2. The molecule has 82 valence electrons. The van der Waals surface area contributed by atoms with E-state index in [0.29, 0.717) is 0 Å². The molecule has 0 radical (unpaired) electrons. The fraction of sp³-hybridized carbons (Fsp3) is 0.417. The number of amidine groups is 1. The highest BCUT2D eigenvalue weighted by atomic mass is 32.2. The van der Waals surface area contributed by atoms with Crippen LogP contribution in [0.4, 0.5) is 0 Å². The van der Waals surface area contributed by atoms with Crippen molar-refractivity contribution in [3.05, 3.63) is 29.8 Å². The molecule has 1 aromatic carbocycles. The summed E-state index contributed by atoms with van der Waals surface area (Å²) in [7, 11) is 8.27. The summed E-state index contributed by atoms with van der Waals surface area (Å²) in [5.41, 5.74) is 1.30. The fourth-order valence-electron chi connectivity index (χ4n) is 1.37. The van der Waals surface area contributed by atoms with Crippen molar-refractivity contribution in [1.82, 2.24) is 4.90 Å². The third-order valence-electron chi connectivity index (χ3n) is 1.96. The topological polar surface area (TPSA) is 6.25 Å². The summed E-state index contributed by atoms with van der Waals surface area (Å²) in [5.74, 6) is 0. The van der Waals surface area contributed by atoms with Gasteiger partial charge in [-0.3, -0.25) is 9.48 Å². The van der Waals surface area contributed by atoms with Gasteiger partial charge in [0.15, 0.2) is 0 Å². The van der Waals surface area contributed by atoms with E-state index < -0.39 is 0 Å². The molecule has 0 aliphatic heterocycles. The zero-order chi connectivity index (χ0) is 11.4. The van der Waals surface area contributed by atoms with Gasteiger partial charge in [-0.1, -0.05) is 17.7 Å². The Balaban J connectivity index is 2.89. The molecule has 0 spiro atoms. The molecule has 0 saturated heterocycles. The van der Waals surface area contributed by atoms with Crippen LogP contribution in [-0.4, -0.2) is 42.8 Å². The van der Waals surface area contributed by atoms with Gasteiger partial charge in [0.1, 0.15) is 0 Å². The van der Waals surface area contributed by atoms with Crippen molar-refractivity contribution < 1.29 is 4.58 Å². The molecule has 0 aliphatic rings. The monoisotopic (exact) mass is 223 g/mol. The zero-order valence-corrected chi connectivity index (χ0v) is 10.9. The smallest absolute Gasteiger partial charge is 0.261 e.